The van der Waals surface area contributed by atoms with Crippen molar-refractivity contribution >= 4 is 0 Å². The highest BCUT2D eigenvalue weighted by Gasteiger charge is 2.00. The molecule has 2 unspecified atom stereocenters. The topological polar surface area (TPSA) is 48.8 Å². The van der Waals surface area contributed by atoms with Crippen molar-refractivity contribution in [2.45, 2.75) is 25.8 Å². The van der Waals surface area contributed by atoms with Crippen molar-refractivity contribution in [3.05, 3.63) is 58.5 Å². The molecule has 0 fully saturated rings. The van der Waals surface area contributed by atoms with Crippen molar-refractivity contribution in [2.24, 2.45) is 5.11 Å². The number of azide groups is 1. The van der Waals surface area contributed by atoms with Gasteiger partial charge < -0.3 is 0 Å². The fourth-order valence-corrected chi connectivity index (χ4v) is 1.32. The molecule has 3 nitrogen and oxygen atoms in total. The molecule has 1 rings (SSSR count). The lowest BCUT2D eigenvalue weighted by molar-refractivity contribution is 0.882. The standard InChI is InChI=1S/C12H15N3/c1-10(8-9-11(2)14-15-13)12-6-4-3-5-7-12/h3-11H,1-2H3/b9-8+. The van der Waals surface area contributed by atoms with Gasteiger partial charge in [-0.15, -0.1) is 0 Å². The fourth-order valence-electron chi connectivity index (χ4n) is 1.32. The molecular formula is C12H15N3. The van der Waals surface area contributed by atoms with Crippen LogP contribution in [0.4, 0.5) is 0 Å². The van der Waals surface area contributed by atoms with Crippen molar-refractivity contribution < 1.29 is 0 Å². The van der Waals surface area contributed by atoms with Crippen molar-refractivity contribution in [1.29, 1.82) is 0 Å². The summed E-state index contributed by atoms with van der Waals surface area (Å²) in [5, 5.41) is 3.58. The molecule has 0 spiro atoms. The summed E-state index contributed by atoms with van der Waals surface area (Å²) in [5.41, 5.74) is 9.51. The van der Waals surface area contributed by atoms with E-state index in [-0.39, 0.29) is 6.04 Å². The molecule has 1 aromatic carbocycles. The molecule has 2 atom stereocenters. The Labute approximate surface area is 90.1 Å². The second-order valence-corrected chi connectivity index (χ2v) is 3.53. The van der Waals surface area contributed by atoms with Gasteiger partial charge in [-0.25, -0.2) is 0 Å². The molecule has 1 aromatic rings. The molecule has 0 radical (unpaired) electrons. The molecule has 0 amide bonds. The lowest BCUT2D eigenvalue weighted by Gasteiger charge is -2.06. The van der Waals surface area contributed by atoms with Crippen LogP contribution in [0.3, 0.4) is 0 Å². The molecule has 0 saturated carbocycles. The average molecular weight is 201 g/mol. The Hall–Kier alpha value is -1.73. The highest BCUT2D eigenvalue weighted by atomic mass is 15.1. The van der Waals surface area contributed by atoms with Crippen LogP contribution in [-0.4, -0.2) is 6.04 Å². The van der Waals surface area contributed by atoms with Gasteiger partial charge >= 0.3 is 0 Å². The van der Waals surface area contributed by atoms with Crippen molar-refractivity contribution in [2.75, 3.05) is 0 Å². The third-order valence-corrected chi connectivity index (χ3v) is 2.24. The average Bonchev–Trinajstić information content (AvgIpc) is 2.27. The lowest BCUT2D eigenvalue weighted by Crippen LogP contribution is -1.93. The van der Waals surface area contributed by atoms with Crippen LogP contribution >= 0.6 is 0 Å². The van der Waals surface area contributed by atoms with Gasteiger partial charge in [0.05, 0.1) is 6.04 Å². The van der Waals surface area contributed by atoms with Crippen molar-refractivity contribution in [3.8, 4) is 0 Å². The summed E-state index contributed by atoms with van der Waals surface area (Å²) in [6.07, 6.45) is 3.99. The lowest BCUT2D eigenvalue weighted by atomic mass is 10.0. The zero-order valence-corrected chi connectivity index (χ0v) is 9.04. The number of nitrogens with zero attached hydrogens (tertiary/aromatic N) is 3. The largest absolute Gasteiger partial charge is 0.0868 e. The predicted octanol–water partition coefficient (Wildman–Crippen LogP) is 4.05. The van der Waals surface area contributed by atoms with E-state index in [0.29, 0.717) is 5.92 Å². The quantitative estimate of drug-likeness (QED) is 0.305. The second-order valence-electron chi connectivity index (χ2n) is 3.53. The van der Waals surface area contributed by atoms with E-state index in [1.165, 1.54) is 5.56 Å². The monoisotopic (exact) mass is 201 g/mol. The van der Waals surface area contributed by atoms with E-state index >= 15 is 0 Å². The molecule has 0 N–H and O–H groups in total. The van der Waals surface area contributed by atoms with E-state index in [2.05, 4.69) is 35.2 Å². The van der Waals surface area contributed by atoms with E-state index in [1.54, 1.807) is 0 Å². The first-order valence-corrected chi connectivity index (χ1v) is 5.01. The molecule has 0 saturated heterocycles. The van der Waals surface area contributed by atoms with Gasteiger partial charge in [0.15, 0.2) is 0 Å². The van der Waals surface area contributed by atoms with Gasteiger partial charge in [0.1, 0.15) is 0 Å². The molecular weight excluding hydrogens is 186 g/mol. The minimum absolute atomic E-state index is 0.0823. The van der Waals surface area contributed by atoms with Crippen LogP contribution < -0.4 is 0 Å². The Morgan fingerprint density at radius 2 is 1.87 bits per heavy atom. The van der Waals surface area contributed by atoms with E-state index in [1.807, 2.05) is 31.2 Å². The van der Waals surface area contributed by atoms with Crippen molar-refractivity contribution in [3.63, 3.8) is 0 Å². The molecule has 3 heteroatoms. The summed E-state index contributed by atoms with van der Waals surface area (Å²) >= 11 is 0. The molecule has 78 valence electrons. The van der Waals surface area contributed by atoms with Crippen LogP contribution in [0.1, 0.15) is 25.3 Å². The Bertz CT molecular complexity index is 364. The van der Waals surface area contributed by atoms with Crippen LogP contribution in [0.15, 0.2) is 47.6 Å². The first kappa shape index (κ1) is 11.3. The van der Waals surface area contributed by atoms with Crippen LogP contribution in [0.25, 0.3) is 10.4 Å². The molecule has 0 aliphatic heterocycles. The molecule has 0 aliphatic rings. The number of hydrogen-bond donors (Lipinski definition) is 0. The highest BCUT2D eigenvalue weighted by Crippen LogP contribution is 2.16. The number of benzene rings is 1. The summed E-state index contributed by atoms with van der Waals surface area (Å²) in [6.45, 7) is 3.99. The molecule has 0 aromatic heterocycles. The molecule has 0 bridgehead atoms. The zero-order valence-electron chi connectivity index (χ0n) is 9.04. The second kappa shape index (κ2) is 5.89. The third kappa shape index (κ3) is 3.88. The number of rotatable bonds is 4. The summed E-state index contributed by atoms with van der Waals surface area (Å²) in [4.78, 5) is 2.76. The van der Waals surface area contributed by atoms with Gasteiger partial charge in [-0.05, 0) is 17.0 Å². The Morgan fingerprint density at radius 3 is 2.47 bits per heavy atom. The van der Waals surface area contributed by atoms with Crippen LogP contribution in [-0.2, 0) is 0 Å². The van der Waals surface area contributed by atoms with E-state index < -0.39 is 0 Å². The number of allylic oxidation sites excluding steroid dienone is 1. The van der Waals surface area contributed by atoms with Gasteiger partial charge in [0, 0.05) is 4.91 Å². The van der Waals surface area contributed by atoms with E-state index in [9.17, 15) is 0 Å². The summed E-state index contributed by atoms with van der Waals surface area (Å²) in [6, 6.07) is 10.1. The minimum Gasteiger partial charge on any atom is -0.0868 e. The smallest absolute Gasteiger partial charge is 0.0527 e. The maximum Gasteiger partial charge on any atom is 0.0527 e. The molecule has 0 aliphatic carbocycles. The Morgan fingerprint density at radius 1 is 1.20 bits per heavy atom. The Balaban J connectivity index is 2.63. The summed E-state index contributed by atoms with van der Waals surface area (Å²) in [5.74, 6) is 0.350. The van der Waals surface area contributed by atoms with E-state index in [4.69, 9.17) is 5.53 Å². The maximum absolute atomic E-state index is 8.24. The fraction of sp³-hybridized carbons (Fsp3) is 0.333. The summed E-state index contributed by atoms with van der Waals surface area (Å²) in [7, 11) is 0. The number of hydrogen-bond acceptors (Lipinski definition) is 1. The van der Waals surface area contributed by atoms with Crippen molar-refractivity contribution in [1.82, 2.24) is 0 Å². The summed E-state index contributed by atoms with van der Waals surface area (Å²) < 4.78 is 0. The van der Waals surface area contributed by atoms with Gasteiger partial charge in [0.2, 0.25) is 0 Å². The normalized spacial score (nSPS) is 14.5. The Kier molecular flexibility index (Phi) is 4.45. The van der Waals surface area contributed by atoms with Crippen LogP contribution in [0, 0.1) is 0 Å². The van der Waals surface area contributed by atoms with Crippen LogP contribution in [0.5, 0.6) is 0 Å². The highest BCUT2D eigenvalue weighted by molar-refractivity contribution is 5.23. The third-order valence-electron chi connectivity index (χ3n) is 2.24. The van der Waals surface area contributed by atoms with Gasteiger partial charge in [-0.2, -0.15) is 0 Å². The molecule has 0 heterocycles. The zero-order chi connectivity index (χ0) is 11.1. The van der Waals surface area contributed by atoms with Gasteiger partial charge in [-0.3, -0.25) is 0 Å². The van der Waals surface area contributed by atoms with Crippen LogP contribution in [0.2, 0.25) is 0 Å². The SMILES string of the molecule is CC(/C=C/C(C)c1ccccc1)N=[N+]=[N-]. The van der Waals surface area contributed by atoms with Gasteiger partial charge in [0.25, 0.3) is 0 Å². The molecule has 15 heavy (non-hydrogen) atoms. The van der Waals surface area contributed by atoms with E-state index in [0.717, 1.165) is 0 Å². The maximum atomic E-state index is 8.24. The first-order chi connectivity index (χ1) is 7.24. The first-order valence-electron chi connectivity index (χ1n) is 5.01. The predicted molar refractivity (Wildman–Crippen MR) is 62.6 cm³/mol. The van der Waals surface area contributed by atoms with Gasteiger partial charge in [-0.1, -0.05) is 61.4 Å². The minimum atomic E-state index is -0.0823.